The highest BCUT2D eigenvalue weighted by Gasteiger charge is 2.54. The third kappa shape index (κ3) is 1.78. The van der Waals surface area contributed by atoms with Crippen molar-refractivity contribution in [3.63, 3.8) is 0 Å². The smallest absolute Gasteiger partial charge is 0.332 e. The van der Waals surface area contributed by atoms with Gasteiger partial charge in [-0.2, -0.15) is 0 Å². The van der Waals surface area contributed by atoms with E-state index in [1.807, 2.05) is 6.92 Å². The first kappa shape index (κ1) is 11.8. The van der Waals surface area contributed by atoms with Crippen LogP contribution in [-0.2, 0) is 4.79 Å². The fourth-order valence-corrected chi connectivity index (χ4v) is 5.75. The molecule has 0 aromatic heterocycles. The lowest BCUT2D eigenvalue weighted by Crippen LogP contribution is -2.48. The van der Waals surface area contributed by atoms with Gasteiger partial charge in [0, 0.05) is 9.90 Å². The van der Waals surface area contributed by atoms with Gasteiger partial charge in [-0.3, -0.25) is 0 Å². The summed E-state index contributed by atoms with van der Waals surface area (Å²) in [5, 5.41) is 9.52. The Morgan fingerprint density at radius 3 is 1.82 bits per heavy atom. The maximum absolute atomic E-state index is 11.6. The zero-order valence-corrected chi connectivity index (χ0v) is 11.8. The van der Waals surface area contributed by atoms with Crippen molar-refractivity contribution < 1.29 is 9.90 Å². The highest BCUT2D eigenvalue weighted by Crippen LogP contribution is 2.63. The summed E-state index contributed by atoms with van der Waals surface area (Å²) in [7, 11) is 0. The quantitative estimate of drug-likeness (QED) is 0.784. The van der Waals surface area contributed by atoms with Gasteiger partial charge in [-0.05, 0) is 63.2 Å². The first-order valence-corrected chi connectivity index (χ1v) is 7.39. The van der Waals surface area contributed by atoms with E-state index in [2.05, 4.69) is 15.9 Å². The van der Waals surface area contributed by atoms with Gasteiger partial charge in [0.15, 0.2) is 0 Å². The number of allylic oxidation sites excluding steroid dienone is 1. The summed E-state index contributed by atoms with van der Waals surface area (Å²) in [5.41, 5.74) is 0.672. The minimum atomic E-state index is -0.707. The standard InChI is InChI=1S/C14H19BrO2/c1-8(15)12(13(16)17)14-5-9-2-10(6-14)4-11(3-9)7-14/h9-11H,2-7H2,1H3,(H,16,17)/b12-8+. The van der Waals surface area contributed by atoms with Gasteiger partial charge in [0.1, 0.15) is 0 Å². The summed E-state index contributed by atoms with van der Waals surface area (Å²) < 4.78 is 0.840. The fourth-order valence-electron chi connectivity index (χ4n) is 5.16. The lowest BCUT2D eigenvalue weighted by Gasteiger charge is -2.57. The van der Waals surface area contributed by atoms with Crippen molar-refractivity contribution in [1.29, 1.82) is 0 Å². The van der Waals surface area contributed by atoms with Gasteiger partial charge < -0.3 is 5.11 Å². The largest absolute Gasteiger partial charge is 0.478 e. The average molecular weight is 299 g/mol. The maximum Gasteiger partial charge on any atom is 0.332 e. The highest BCUT2D eigenvalue weighted by atomic mass is 79.9. The molecule has 1 N–H and O–H groups in total. The van der Waals surface area contributed by atoms with E-state index in [-0.39, 0.29) is 5.41 Å². The van der Waals surface area contributed by atoms with Gasteiger partial charge in [-0.1, -0.05) is 15.9 Å². The van der Waals surface area contributed by atoms with E-state index in [9.17, 15) is 9.90 Å². The first-order valence-electron chi connectivity index (χ1n) is 6.60. The number of carboxylic acid groups (broad SMARTS) is 1. The Hall–Kier alpha value is -0.310. The zero-order valence-electron chi connectivity index (χ0n) is 10.2. The lowest BCUT2D eigenvalue weighted by atomic mass is 9.47. The van der Waals surface area contributed by atoms with Crippen LogP contribution in [0, 0.1) is 23.2 Å². The van der Waals surface area contributed by atoms with Crippen LogP contribution in [0.2, 0.25) is 0 Å². The van der Waals surface area contributed by atoms with E-state index in [0.29, 0.717) is 5.57 Å². The lowest BCUT2D eigenvalue weighted by molar-refractivity contribution is -0.136. The molecular formula is C14H19BrO2. The SMILES string of the molecule is C/C(Br)=C(/C(=O)O)C12CC3CC(CC(C3)C1)C2. The molecule has 0 atom stereocenters. The van der Waals surface area contributed by atoms with Gasteiger partial charge in [0.05, 0.1) is 5.57 Å². The van der Waals surface area contributed by atoms with Crippen LogP contribution in [0.15, 0.2) is 10.1 Å². The first-order chi connectivity index (χ1) is 8.00. The molecule has 0 saturated heterocycles. The molecule has 4 aliphatic carbocycles. The third-order valence-electron chi connectivity index (χ3n) is 5.13. The Labute approximate surface area is 111 Å². The molecule has 0 radical (unpaired) electrons. The molecule has 2 nitrogen and oxygen atoms in total. The van der Waals surface area contributed by atoms with E-state index in [0.717, 1.165) is 41.5 Å². The molecule has 0 aromatic rings. The van der Waals surface area contributed by atoms with E-state index in [4.69, 9.17) is 0 Å². The fraction of sp³-hybridized carbons (Fsp3) is 0.786. The number of halogens is 1. The molecule has 0 amide bonds. The molecule has 0 unspecified atom stereocenters. The van der Waals surface area contributed by atoms with Crippen molar-refractivity contribution in [1.82, 2.24) is 0 Å². The Balaban J connectivity index is 2.01. The normalized spacial score (nSPS) is 44.7. The zero-order chi connectivity index (χ0) is 12.2. The molecule has 0 spiro atoms. The summed E-state index contributed by atoms with van der Waals surface area (Å²) in [6.07, 6.45) is 7.41. The molecule has 4 saturated carbocycles. The van der Waals surface area contributed by atoms with E-state index in [1.165, 1.54) is 19.3 Å². The minimum absolute atomic E-state index is 0.00579. The summed E-state index contributed by atoms with van der Waals surface area (Å²) in [5.74, 6) is 1.67. The van der Waals surface area contributed by atoms with Crippen LogP contribution >= 0.6 is 15.9 Å². The van der Waals surface area contributed by atoms with E-state index in [1.54, 1.807) is 0 Å². The van der Waals surface area contributed by atoms with Crippen molar-refractivity contribution >= 4 is 21.9 Å². The summed E-state index contributed by atoms with van der Waals surface area (Å²) in [6.45, 7) is 1.89. The van der Waals surface area contributed by atoms with Gasteiger partial charge in [-0.25, -0.2) is 4.79 Å². The van der Waals surface area contributed by atoms with Gasteiger partial charge in [-0.15, -0.1) is 0 Å². The van der Waals surface area contributed by atoms with Crippen LogP contribution in [0.5, 0.6) is 0 Å². The van der Waals surface area contributed by atoms with Crippen molar-refractivity contribution in [2.75, 3.05) is 0 Å². The van der Waals surface area contributed by atoms with Crippen molar-refractivity contribution in [2.24, 2.45) is 23.2 Å². The van der Waals surface area contributed by atoms with Gasteiger partial charge >= 0.3 is 5.97 Å². The molecule has 0 aromatic carbocycles. The monoisotopic (exact) mass is 298 g/mol. The molecule has 3 heteroatoms. The summed E-state index contributed by atoms with van der Waals surface area (Å²) in [6, 6.07) is 0. The molecule has 4 aliphatic rings. The van der Waals surface area contributed by atoms with Crippen LogP contribution in [0.4, 0.5) is 0 Å². The highest BCUT2D eigenvalue weighted by molar-refractivity contribution is 9.11. The van der Waals surface area contributed by atoms with Crippen LogP contribution in [-0.4, -0.2) is 11.1 Å². The average Bonchev–Trinajstić information content (AvgIpc) is 2.11. The number of hydrogen-bond donors (Lipinski definition) is 1. The maximum atomic E-state index is 11.6. The number of hydrogen-bond acceptors (Lipinski definition) is 1. The Kier molecular flexibility index (Phi) is 2.66. The molecule has 94 valence electrons. The molecule has 4 fully saturated rings. The second-order valence-electron chi connectivity index (χ2n) is 6.41. The molecule has 0 aliphatic heterocycles. The topological polar surface area (TPSA) is 37.3 Å². The Bertz CT molecular complexity index is 358. The van der Waals surface area contributed by atoms with Gasteiger partial charge in [0.25, 0.3) is 0 Å². The van der Waals surface area contributed by atoms with Crippen LogP contribution in [0.3, 0.4) is 0 Å². The third-order valence-corrected chi connectivity index (χ3v) is 5.52. The van der Waals surface area contributed by atoms with Crippen molar-refractivity contribution in [3.8, 4) is 0 Å². The van der Waals surface area contributed by atoms with Crippen molar-refractivity contribution in [2.45, 2.75) is 45.4 Å². The Morgan fingerprint density at radius 2 is 1.53 bits per heavy atom. The predicted molar refractivity (Wildman–Crippen MR) is 69.9 cm³/mol. The summed E-state index contributed by atoms with van der Waals surface area (Å²) in [4.78, 5) is 11.6. The van der Waals surface area contributed by atoms with E-state index >= 15 is 0 Å². The van der Waals surface area contributed by atoms with Crippen LogP contribution in [0.1, 0.15) is 45.4 Å². The molecular weight excluding hydrogens is 280 g/mol. The molecule has 4 bridgehead atoms. The molecule has 17 heavy (non-hydrogen) atoms. The van der Waals surface area contributed by atoms with Gasteiger partial charge in [0.2, 0.25) is 0 Å². The predicted octanol–water partition coefficient (Wildman–Crippen LogP) is 3.96. The number of carbonyl (C=O) groups is 1. The molecule has 4 rings (SSSR count). The minimum Gasteiger partial charge on any atom is -0.478 e. The number of carboxylic acids is 1. The van der Waals surface area contributed by atoms with Crippen LogP contribution in [0.25, 0.3) is 0 Å². The Morgan fingerprint density at radius 1 is 1.12 bits per heavy atom. The number of rotatable bonds is 2. The summed E-state index contributed by atoms with van der Waals surface area (Å²) >= 11 is 3.43. The molecule has 0 heterocycles. The number of aliphatic carboxylic acids is 1. The second-order valence-corrected chi connectivity index (χ2v) is 7.60. The van der Waals surface area contributed by atoms with E-state index < -0.39 is 5.97 Å². The second kappa shape index (κ2) is 3.84. The van der Waals surface area contributed by atoms with Crippen LogP contribution < -0.4 is 0 Å². The van der Waals surface area contributed by atoms with Crippen molar-refractivity contribution in [3.05, 3.63) is 10.1 Å².